The van der Waals surface area contributed by atoms with Gasteiger partial charge in [-0.2, -0.15) is 0 Å². The Bertz CT molecular complexity index is 641. The lowest BCUT2D eigenvalue weighted by Gasteiger charge is -2.12. The molecular weight excluding hydrogens is 268 g/mol. The first-order chi connectivity index (χ1) is 10.1. The number of urea groups is 1. The molecular formula is C16H18N2O3. The first-order valence-corrected chi connectivity index (χ1v) is 6.49. The number of methoxy groups -OCH3 is 2. The van der Waals surface area contributed by atoms with E-state index in [2.05, 4.69) is 10.6 Å². The van der Waals surface area contributed by atoms with E-state index >= 15 is 0 Å². The predicted molar refractivity (Wildman–Crippen MR) is 83.4 cm³/mol. The largest absolute Gasteiger partial charge is 0.493 e. The number of ether oxygens (including phenoxy) is 2. The molecule has 2 amide bonds. The van der Waals surface area contributed by atoms with Crippen LogP contribution >= 0.6 is 0 Å². The quantitative estimate of drug-likeness (QED) is 0.901. The molecule has 2 aromatic carbocycles. The van der Waals surface area contributed by atoms with Crippen LogP contribution in [0.15, 0.2) is 42.5 Å². The molecule has 110 valence electrons. The fraction of sp³-hybridized carbons (Fsp3) is 0.188. The third kappa shape index (κ3) is 3.66. The van der Waals surface area contributed by atoms with E-state index in [4.69, 9.17) is 9.47 Å². The number of benzene rings is 2. The van der Waals surface area contributed by atoms with Crippen molar-refractivity contribution in [2.75, 3.05) is 24.9 Å². The van der Waals surface area contributed by atoms with Gasteiger partial charge in [0.15, 0.2) is 11.5 Å². The van der Waals surface area contributed by atoms with E-state index in [1.165, 1.54) is 0 Å². The molecule has 2 rings (SSSR count). The number of carbonyl (C=O) groups is 1. The van der Waals surface area contributed by atoms with Crippen LogP contribution in [0.4, 0.5) is 16.2 Å². The van der Waals surface area contributed by atoms with Crippen LogP contribution in [0.25, 0.3) is 0 Å². The maximum Gasteiger partial charge on any atom is 0.323 e. The Morgan fingerprint density at radius 1 is 0.952 bits per heavy atom. The van der Waals surface area contributed by atoms with Crippen molar-refractivity contribution in [2.24, 2.45) is 0 Å². The van der Waals surface area contributed by atoms with Gasteiger partial charge in [0.2, 0.25) is 0 Å². The summed E-state index contributed by atoms with van der Waals surface area (Å²) in [5.41, 5.74) is 2.40. The molecule has 0 fully saturated rings. The van der Waals surface area contributed by atoms with Crippen molar-refractivity contribution in [2.45, 2.75) is 6.92 Å². The summed E-state index contributed by atoms with van der Waals surface area (Å²) in [5, 5.41) is 5.56. The van der Waals surface area contributed by atoms with Gasteiger partial charge >= 0.3 is 6.03 Å². The Morgan fingerprint density at radius 3 is 2.33 bits per heavy atom. The minimum absolute atomic E-state index is 0.309. The van der Waals surface area contributed by atoms with Crippen LogP contribution in [-0.4, -0.2) is 20.3 Å². The van der Waals surface area contributed by atoms with E-state index in [-0.39, 0.29) is 6.03 Å². The molecule has 0 spiro atoms. The summed E-state index contributed by atoms with van der Waals surface area (Å²) in [6.07, 6.45) is 0. The van der Waals surface area contributed by atoms with E-state index in [0.717, 1.165) is 11.3 Å². The maximum atomic E-state index is 12.0. The summed E-state index contributed by atoms with van der Waals surface area (Å²) in [4.78, 5) is 12.0. The van der Waals surface area contributed by atoms with Crippen molar-refractivity contribution in [3.63, 3.8) is 0 Å². The molecule has 21 heavy (non-hydrogen) atoms. The van der Waals surface area contributed by atoms with Crippen molar-refractivity contribution in [3.8, 4) is 11.5 Å². The van der Waals surface area contributed by atoms with Gasteiger partial charge in [-0.25, -0.2) is 4.79 Å². The maximum absolute atomic E-state index is 12.0. The smallest absolute Gasteiger partial charge is 0.323 e. The van der Waals surface area contributed by atoms with Gasteiger partial charge in [0.05, 0.1) is 14.2 Å². The molecule has 0 heterocycles. The van der Waals surface area contributed by atoms with Crippen LogP contribution in [0.1, 0.15) is 5.56 Å². The third-order valence-corrected chi connectivity index (χ3v) is 3.03. The second kappa shape index (κ2) is 6.65. The van der Waals surface area contributed by atoms with E-state index < -0.39 is 0 Å². The number of rotatable bonds is 4. The molecule has 0 aliphatic heterocycles. The fourth-order valence-electron chi connectivity index (χ4n) is 1.91. The zero-order valence-electron chi connectivity index (χ0n) is 12.3. The average molecular weight is 286 g/mol. The van der Waals surface area contributed by atoms with Gasteiger partial charge in [-0.05, 0) is 30.7 Å². The Balaban J connectivity index is 2.08. The molecule has 5 nitrogen and oxygen atoms in total. The Hall–Kier alpha value is -2.69. The lowest BCUT2D eigenvalue weighted by Crippen LogP contribution is -2.19. The zero-order valence-corrected chi connectivity index (χ0v) is 12.3. The normalized spacial score (nSPS) is 9.86. The summed E-state index contributed by atoms with van der Waals surface area (Å²) in [6.45, 7) is 1.94. The van der Waals surface area contributed by atoms with Crippen LogP contribution in [-0.2, 0) is 0 Å². The van der Waals surface area contributed by atoms with Crippen LogP contribution in [0.2, 0.25) is 0 Å². The number of hydrogen-bond acceptors (Lipinski definition) is 3. The summed E-state index contributed by atoms with van der Waals surface area (Å²) in [7, 11) is 3.12. The molecule has 0 radical (unpaired) electrons. The van der Waals surface area contributed by atoms with Gasteiger partial charge < -0.3 is 20.1 Å². The van der Waals surface area contributed by atoms with E-state index in [1.807, 2.05) is 31.2 Å². The monoisotopic (exact) mass is 286 g/mol. The van der Waals surface area contributed by atoms with Crippen molar-refractivity contribution in [1.29, 1.82) is 0 Å². The Kier molecular flexibility index (Phi) is 4.66. The summed E-state index contributed by atoms with van der Waals surface area (Å²) < 4.78 is 10.4. The standard InChI is InChI=1S/C16H18N2O3/c1-11-6-4-5-7-13(11)18-16(19)17-12-8-9-14(20-2)15(10-12)21-3/h4-10H,1-3H3,(H2,17,18,19). The number of carbonyl (C=O) groups excluding carboxylic acids is 1. The number of aryl methyl sites for hydroxylation is 1. The van der Waals surface area contributed by atoms with Crippen molar-refractivity contribution >= 4 is 17.4 Å². The molecule has 0 aliphatic rings. The average Bonchev–Trinajstić information content (AvgIpc) is 2.49. The second-order valence-corrected chi connectivity index (χ2v) is 4.46. The first-order valence-electron chi connectivity index (χ1n) is 6.49. The highest BCUT2D eigenvalue weighted by Crippen LogP contribution is 2.29. The van der Waals surface area contributed by atoms with Crippen LogP contribution in [0.3, 0.4) is 0 Å². The molecule has 0 aromatic heterocycles. The number of hydrogen-bond donors (Lipinski definition) is 2. The van der Waals surface area contributed by atoms with Gasteiger partial charge in [0, 0.05) is 17.4 Å². The molecule has 5 heteroatoms. The third-order valence-electron chi connectivity index (χ3n) is 3.03. The van der Waals surface area contributed by atoms with Gasteiger partial charge in [0.25, 0.3) is 0 Å². The zero-order chi connectivity index (χ0) is 15.2. The van der Waals surface area contributed by atoms with Gasteiger partial charge in [-0.15, -0.1) is 0 Å². The summed E-state index contributed by atoms with van der Waals surface area (Å²) in [5.74, 6) is 1.17. The fourth-order valence-corrected chi connectivity index (χ4v) is 1.91. The minimum Gasteiger partial charge on any atom is -0.493 e. The van der Waals surface area contributed by atoms with Crippen LogP contribution in [0, 0.1) is 6.92 Å². The molecule has 0 atom stereocenters. The predicted octanol–water partition coefficient (Wildman–Crippen LogP) is 3.66. The van der Waals surface area contributed by atoms with E-state index in [0.29, 0.717) is 17.2 Å². The van der Waals surface area contributed by atoms with Gasteiger partial charge in [0.1, 0.15) is 0 Å². The number of para-hydroxylation sites is 1. The Labute approximate surface area is 123 Å². The van der Waals surface area contributed by atoms with Crippen molar-refractivity contribution < 1.29 is 14.3 Å². The summed E-state index contributed by atoms with van der Waals surface area (Å²) >= 11 is 0. The van der Waals surface area contributed by atoms with Crippen LogP contribution in [0.5, 0.6) is 11.5 Å². The molecule has 0 unspecified atom stereocenters. The number of nitrogens with one attached hydrogen (secondary N) is 2. The molecule has 2 aromatic rings. The highest BCUT2D eigenvalue weighted by molar-refractivity contribution is 6.00. The Morgan fingerprint density at radius 2 is 1.67 bits per heavy atom. The lowest BCUT2D eigenvalue weighted by atomic mass is 10.2. The number of anilines is 2. The number of amides is 2. The SMILES string of the molecule is COc1ccc(NC(=O)Nc2ccccc2C)cc1OC. The van der Waals surface area contributed by atoms with E-state index in [1.54, 1.807) is 32.4 Å². The second-order valence-electron chi connectivity index (χ2n) is 4.46. The lowest BCUT2D eigenvalue weighted by molar-refractivity contribution is 0.262. The highest BCUT2D eigenvalue weighted by atomic mass is 16.5. The van der Waals surface area contributed by atoms with Crippen molar-refractivity contribution in [3.05, 3.63) is 48.0 Å². The van der Waals surface area contributed by atoms with Crippen LogP contribution < -0.4 is 20.1 Å². The molecule has 0 saturated heterocycles. The molecule has 0 bridgehead atoms. The highest BCUT2D eigenvalue weighted by Gasteiger charge is 2.08. The topological polar surface area (TPSA) is 59.6 Å². The minimum atomic E-state index is -0.309. The summed E-state index contributed by atoms with van der Waals surface area (Å²) in [6, 6.07) is 12.5. The molecule has 0 saturated carbocycles. The van der Waals surface area contributed by atoms with Gasteiger partial charge in [-0.3, -0.25) is 0 Å². The van der Waals surface area contributed by atoms with Gasteiger partial charge in [-0.1, -0.05) is 18.2 Å². The van der Waals surface area contributed by atoms with Crippen molar-refractivity contribution in [1.82, 2.24) is 0 Å². The molecule has 0 aliphatic carbocycles. The molecule has 2 N–H and O–H groups in total. The first kappa shape index (κ1) is 14.7. The van der Waals surface area contributed by atoms with E-state index in [9.17, 15) is 4.79 Å².